The molecule has 1 aromatic heterocycles. The summed E-state index contributed by atoms with van der Waals surface area (Å²) in [6, 6.07) is 7.15. The molecule has 1 aliphatic carbocycles. The number of phenolic OH excluding ortho intramolecular Hbond substituents is 1. The van der Waals surface area contributed by atoms with Crippen molar-refractivity contribution in [1.29, 1.82) is 5.41 Å². The van der Waals surface area contributed by atoms with E-state index in [9.17, 15) is 5.11 Å². The van der Waals surface area contributed by atoms with Gasteiger partial charge in [-0.2, -0.15) is 5.10 Å². The van der Waals surface area contributed by atoms with Gasteiger partial charge in [-0.05, 0) is 56.4 Å². The summed E-state index contributed by atoms with van der Waals surface area (Å²) in [5, 5.41) is 24.1. The van der Waals surface area contributed by atoms with E-state index in [1.54, 1.807) is 18.2 Å². The van der Waals surface area contributed by atoms with Crippen LogP contribution in [0.25, 0.3) is 5.57 Å². The van der Waals surface area contributed by atoms with E-state index in [2.05, 4.69) is 29.0 Å². The van der Waals surface area contributed by atoms with Gasteiger partial charge in [-0.25, -0.2) is 4.98 Å². The number of phenols is 1. The van der Waals surface area contributed by atoms with Crippen molar-refractivity contribution in [2.75, 3.05) is 0 Å². The molecule has 2 aromatic rings. The number of allylic oxidation sites excluding steroid dienone is 2. The summed E-state index contributed by atoms with van der Waals surface area (Å²) < 4.78 is 0. The third-order valence-corrected chi connectivity index (χ3v) is 4.20. The topological polar surface area (TPSA) is 85.7 Å². The normalized spacial score (nSPS) is 15.8. The molecule has 5 heteroatoms. The van der Waals surface area contributed by atoms with Crippen molar-refractivity contribution in [1.82, 2.24) is 15.2 Å². The van der Waals surface area contributed by atoms with E-state index in [1.807, 2.05) is 12.1 Å². The molecule has 0 spiro atoms. The van der Waals surface area contributed by atoms with Crippen LogP contribution in [0.1, 0.15) is 43.9 Å². The predicted molar refractivity (Wildman–Crippen MR) is 86.1 cm³/mol. The number of aromatic amines is 1. The van der Waals surface area contributed by atoms with E-state index in [0.29, 0.717) is 11.7 Å². The maximum atomic E-state index is 9.43. The maximum Gasteiger partial charge on any atom is 0.177 e. The van der Waals surface area contributed by atoms with Crippen molar-refractivity contribution in [3.8, 4) is 5.75 Å². The van der Waals surface area contributed by atoms with Gasteiger partial charge in [0.2, 0.25) is 0 Å². The number of H-pyrrole nitrogens is 1. The number of rotatable bonds is 5. The first-order valence-corrected chi connectivity index (χ1v) is 7.46. The standard InChI is InChI=1S/C17H20N4O/c1-17(2,12-5-7-13(22)8-6-12)16-19-15(20-21-16)14(9-10-18)11-3-4-11/h5-11,18,22H,3-4H2,1-2H3,(H,19,20,21)/b14-9-,18-10?. The molecule has 0 aliphatic heterocycles. The lowest BCUT2D eigenvalue weighted by Gasteiger charge is -2.22. The molecule has 1 saturated carbocycles. The molecule has 1 aromatic carbocycles. The van der Waals surface area contributed by atoms with Gasteiger partial charge in [0.25, 0.3) is 0 Å². The second-order valence-corrected chi connectivity index (χ2v) is 6.24. The molecule has 0 radical (unpaired) electrons. The number of hydrogen-bond donors (Lipinski definition) is 3. The first kappa shape index (κ1) is 14.5. The Morgan fingerprint density at radius 2 is 2.00 bits per heavy atom. The molecule has 1 fully saturated rings. The Bertz CT molecular complexity index is 709. The minimum atomic E-state index is -0.335. The summed E-state index contributed by atoms with van der Waals surface area (Å²) in [4.78, 5) is 4.66. The largest absolute Gasteiger partial charge is 0.508 e. The lowest BCUT2D eigenvalue weighted by molar-refractivity contribution is 0.474. The van der Waals surface area contributed by atoms with Gasteiger partial charge in [-0.1, -0.05) is 12.1 Å². The fourth-order valence-corrected chi connectivity index (χ4v) is 2.56. The number of aromatic hydroxyl groups is 1. The van der Waals surface area contributed by atoms with Crippen molar-refractivity contribution >= 4 is 11.8 Å². The summed E-state index contributed by atoms with van der Waals surface area (Å²) in [6.07, 6.45) is 5.38. The fraction of sp³-hybridized carbons (Fsp3) is 0.353. The lowest BCUT2D eigenvalue weighted by Crippen LogP contribution is -2.20. The first-order valence-electron chi connectivity index (χ1n) is 7.46. The molecular formula is C17H20N4O. The highest BCUT2D eigenvalue weighted by Crippen LogP contribution is 2.41. The van der Waals surface area contributed by atoms with Crippen LogP contribution in [0.3, 0.4) is 0 Å². The van der Waals surface area contributed by atoms with Crippen LogP contribution < -0.4 is 0 Å². The zero-order chi connectivity index (χ0) is 15.7. The van der Waals surface area contributed by atoms with Gasteiger partial charge in [-0.3, -0.25) is 5.10 Å². The van der Waals surface area contributed by atoms with Gasteiger partial charge in [0.05, 0.1) is 0 Å². The second-order valence-electron chi connectivity index (χ2n) is 6.24. The summed E-state index contributed by atoms with van der Waals surface area (Å²) >= 11 is 0. The number of aromatic nitrogens is 3. The highest BCUT2D eigenvalue weighted by molar-refractivity contribution is 5.82. The van der Waals surface area contributed by atoms with Crippen LogP contribution in [0.5, 0.6) is 5.75 Å². The second kappa shape index (κ2) is 5.40. The van der Waals surface area contributed by atoms with Gasteiger partial charge in [-0.15, -0.1) is 0 Å². The highest BCUT2D eigenvalue weighted by atomic mass is 16.3. The van der Waals surface area contributed by atoms with Crippen LogP contribution in [0, 0.1) is 11.3 Å². The quantitative estimate of drug-likeness (QED) is 0.740. The maximum absolute atomic E-state index is 9.43. The molecule has 5 nitrogen and oxygen atoms in total. The molecule has 22 heavy (non-hydrogen) atoms. The highest BCUT2D eigenvalue weighted by Gasteiger charge is 2.32. The summed E-state index contributed by atoms with van der Waals surface area (Å²) in [5.41, 5.74) is 1.76. The third-order valence-electron chi connectivity index (χ3n) is 4.20. The van der Waals surface area contributed by atoms with Crippen molar-refractivity contribution in [2.24, 2.45) is 5.92 Å². The number of benzene rings is 1. The van der Waals surface area contributed by atoms with Crippen molar-refractivity contribution in [2.45, 2.75) is 32.1 Å². The molecular weight excluding hydrogens is 276 g/mol. The van der Waals surface area contributed by atoms with Crippen molar-refractivity contribution < 1.29 is 5.11 Å². The predicted octanol–water partition coefficient (Wildman–Crippen LogP) is 3.28. The average Bonchev–Trinajstić information content (AvgIpc) is 3.21. The Labute approximate surface area is 129 Å². The minimum Gasteiger partial charge on any atom is -0.508 e. The third kappa shape index (κ3) is 2.66. The van der Waals surface area contributed by atoms with Gasteiger partial charge in [0.1, 0.15) is 11.6 Å². The summed E-state index contributed by atoms with van der Waals surface area (Å²) in [6.45, 7) is 4.14. The van der Waals surface area contributed by atoms with E-state index in [1.165, 1.54) is 6.21 Å². The molecule has 114 valence electrons. The first-order chi connectivity index (χ1) is 10.5. The number of hydrogen-bond acceptors (Lipinski definition) is 4. The number of nitrogens with one attached hydrogen (secondary N) is 2. The summed E-state index contributed by atoms with van der Waals surface area (Å²) in [5.74, 6) is 2.21. The lowest BCUT2D eigenvalue weighted by atomic mass is 9.84. The van der Waals surface area contributed by atoms with Crippen LogP contribution >= 0.6 is 0 Å². The molecule has 3 N–H and O–H groups in total. The van der Waals surface area contributed by atoms with Crippen LogP contribution in [-0.2, 0) is 5.41 Å². The van der Waals surface area contributed by atoms with E-state index in [4.69, 9.17) is 5.41 Å². The zero-order valence-corrected chi connectivity index (χ0v) is 12.8. The number of nitrogens with zero attached hydrogens (tertiary/aromatic N) is 2. The smallest absolute Gasteiger partial charge is 0.177 e. The van der Waals surface area contributed by atoms with E-state index in [-0.39, 0.29) is 11.2 Å². The van der Waals surface area contributed by atoms with Crippen LogP contribution in [-0.4, -0.2) is 26.5 Å². The van der Waals surface area contributed by atoms with E-state index in [0.717, 1.165) is 29.8 Å². The van der Waals surface area contributed by atoms with Gasteiger partial charge in [0, 0.05) is 17.2 Å². The van der Waals surface area contributed by atoms with Crippen molar-refractivity contribution in [3.05, 3.63) is 47.6 Å². The molecule has 0 unspecified atom stereocenters. The summed E-state index contributed by atoms with van der Waals surface area (Å²) in [7, 11) is 0. The van der Waals surface area contributed by atoms with Gasteiger partial charge < -0.3 is 10.5 Å². The monoisotopic (exact) mass is 296 g/mol. The Hall–Kier alpha value is -2.43. The Morgan fingerprint density at radius 3 is 2.59 bits per heavy atom. The van der Waals surface area contributed by atoms with Crippen LogP contribution in [0.2, 0.25) is 0 Å². The molecule has 0 saturated heterocycles. The molecule has 0 atom stereocenters. The minimum absolute atomic E-state index is 0.253. The molecule has 1 heterocycles. The molecule has 0 amide bonds. The van der Waals surface area contributed by atoms with Crippen molar-refractivity contribution in [3.63, 3.8) is 0 Å². The Morgan fingerprint density at radius 1 is 1.32 bits per heavy atom. The fourth-order valence-electron chi connectivity index (χ4n) is 2.56. The average molecular weight is 296 g/mol. The molecule has 3 rings (SSSR count). The Balaban J connectivity index is 1.93. The van der Waals surface area contributed by atoms with Crippen LogP contribution in [0.4, 0.5) is 0 Å². The molecule has 1 aliphatic rings. The van der Waals surface area contributed by atoms with E-state index >= 15 is 0 Å². The molecule has 0 bridgehead atoms. The zero-order valence-electron chi connectivity index (χ0n) is 12.8. The van der Waals surface area contributed by atoms with Gasteiger partial charge >= 0.3 is 0 Å². The van der Waals surface area contributed by atoms with Gasteiger partial charge in [0.15, 0.2) is 5.82 Å². The Kier molecular flexibility index (Phi) is 3.56. The van der Waals surface area contributed by atoms with E-state index < -0.39 is 0 Å². The SMILES string of the molecule is CC(C)(c1ccc(O)cc1)c1nc(/C(=C\C=N)C2CC2)n[nH]1. The van der Waals surface area contributed by atoms with Crippen LogP contribution in [0.15, 0.2) is 30.3 Å².